The van der Waals surface area contributed by atoms with Crippen LogP contribution in [0.1, 0.15) is 30.6 Å². The monoisotopic (exact) mass is 344 g/mol. The van der Waals surface area contributed by atoms with Crippen molar-refractivity contribution in [2.75, 3.05) is 26.3 Å². The van der Waals surface area contributed by atoms with Gasteiger partial charge in [-0.05, 0) is 18.7 Å². The average molecular weight is 344 g/mol. The number of amides is 1. The number of carboxylic acids is 1. The van der Waals surface area contributed by atoms with E-state index in [1.165, 1.54) is 0 Å². The van der Waals surface area contributed by atoms with Crippen LogP contribution in [0.25, 0.3) is 10.8 Å². The summed E-state index contributed by atoms with van der Waals surface area (Å²) in [6.07, 6.45) is 3.92. The number of aliphatic carboxylic acids is 1. The highest BCUT2D eigenvalue weighted by molar-refractivity contribution is 6.06. The van der Waals surface area contributed by atoms with Crippen molar-refractivity contribution in [2.24, 2.45) is 5.92 Å². The Hall–Kier alpha value is -2.47. The lowest BCUT2D eigenvalue weighted by Crippen LogP contribution is -2.38. The number of pyridine rings is 1. The van der Waals surface area contributed by atoms with Crippen molar-refractivity contribution in [2.45, 2.75) is 20.3 Å². The molecule has 1 aromatic carbocycles. The Morgan fingerprint density at radius 2 is 2.04 bits per heavy atom. The number of hydrogen-bond donors (Lipinski definition) is 1. The fourth-order valence-electron chi connectivity index (χ4n) is 2.64. The number of ether oxygens (including phenoxy) is 1. The second kappa shape index (κ2) is 9.13. The van der Waals surface area contributed by atoms with Crippen molar-refractivity contribution < 1.29 is 19.4 Å². The number of carbonyl (C=O) groups is 2. The maximum Gasteiger partial charge on any atom is 0.308 e. The van der Waals surface area contributed by atoms with Gasteiger partial charge in [0, 0.05) is 44.1 Å². The summed E-state index contributed by atoms with van der Waals surface area (Å²) in [5.41, 5.74) is 0.493. The van der Waals surface area contributed by atoms with Crippen LogP contribution >= 0.6 is 0 Å². The number of aromatic nitrogens is 1. The summed E-state index contributed by atoms with van der Waals surface area (Å²) < 4.78 is 5.33. The second-order valence-electron chi connectivity index (χ2n) is 5.95. The van der Waals surface area contributed by atoms with Crippen molar-refractivity contribution in [1.29, 1.82) is 0 Å². The van der Waals surface area contributed by atoms with Crippen LogP contribution in [0.3, 0.4) is 0 Å². The number of benzene rings is 1. The number of nitrogens with zero attached hydrogens (tertiary/aromatic N) is 2. The zero-order chi connectivity index (χ0) is 18.2. The van der Waals surface area contributed by atoms with Gasteiger partial charge in [-0.15, -0.1) is 0 Å². The maximum absolute atomic E-state index is 13.0. The van der Waals surface area contributed by atoms with Gasteiger partial charge in [-0.25, -0.2) is 0 Å². The van der Waals surface area contributed by atoms with Crippen LogP contribution < -0.4 is 0 Å². The van der Waals surface area contributed by atoms with Gasteiger partial charge in [0.2, 0.25) is 0 Å². The minimum atomic E-state index is -0.918. The molecule has 6 nitrogen and oxygen atoms in total. The molecule has 2 aromatic rings. The molecule has 0 radical (unpaired) electrons. The van der Waals surface area contributed by atoms with Crippen molar-refractivity contribution >= 4 is 22.6 Å². The summed E-state index contributed by atoms with van der Waals surface area (Å²) in [7, 11) is 0. The molecule has 1 unspecified atom stereocenters. The molecular weight excluding hydrogens is 320 g/mol. The largest absolute Gasteiger partial charge is 0.481 e. The molecule has 0 aliphatic carbocycles. The van der Waals surface area contributed by atoms with Gasteiger partial charge < -0.3 is 14.7 Å². The highest BCUT2D eigenvalue weighted by atomic mass is 16.5. The van der Waals surface area contributed by atoms with E-state index in [1.54, 1.807) is 24.2 Å². The lowest BCUT2D eigenvalue weighted by Gasteiger charge is -2.25. The van der Waals surface area contributed by atoms with Crippen LogP contribution in [0.4, 0.5) is 0 Å². The van der Waals surface area contributed by atoms with E-state index in [2.05, 4.69) is 4.98 Å². The summed E-state index contributed by atoms with van der Waals surface area (Å²) in [5.74, 6) is -1.76. The Morgan fingerprint density at radius 1 is 1.28 bits per heavy atom. The standard InChI is InChI=1S/C19H24N2O4/c1-3-25-10-6-9-21(13-14(2)19(23)24)18(22)17-12-20-11-15-7-4-5-8-16(15)17/h4-5,7-8,11-12,14H,3,6,9-10,13H2,1-2H3,(H,23,24). The van der Waals surface area contributed by atoms with Gasteiger partial charge >= 0.3 is 5.97 Å². The molecule has 0 bridgehead atoms. The molecule has 1 atom stereocenters. The highest BCUT2D eigenvalue weighted by Gasteiger charge is 2.23. The van der Waals surface area contributed by atoms with E-state index in [9.17, 15) is 14.7 Å². The summed E-state index contributed by atoms with van der Waals surface area (Å²) in [6.45, 7) is 5.27. The van der Waals surface area contributed by atoms with E-state index in [0.717, 1.165) is 10.8 Å². The van der Waals surface area contributed by atoms with Crippen LogP contribution in [0.2, 0.25) is 0 Å². The zero-order valence-corrected chi connectivity index (χ0v) is 14.6. The van der Waals surface area contributed by atoms with Crippen molar-refractivity contribution in [1.82, 2.24) is 9.88 Å². The van der Waals surface area contributed by atoms with Crippen LogP contribution in [-0.2, 0) is 9.53 Å². The first kappa shape index (κ1) is 18.9. The summed E-state index contributed by atoms with van der Waals surface area (Å²) in [5, 5.41) is 10.9. The van der Waals surface area contributed by atoms with Gasteiger partial charge in [0.05, 0.1) is 11.5 Å². The maximum atomic E-state index is 13.0. The summed E-state index contributed by atoms with van der Waals surface area (Å²) in [4.78, 5) is 30.0. The number of hydrogen-bond acceptors (Lipinski definition) is 4. The molecule has 0 aliphatic rings. The van der Waals surface area contributed by atoms with Gasteiger partial charge in [-0.1, -0.05) is 31.2 Å². The van der Waals surface area contributed by atoms with Crippen LogP contribution in [0.15, 0.2) is 36.7 Å². The highest BCUT2D eigenvalue weighted by Crippen LogP contribution is 2.19. The first-order chi connectivity index (χ1) is 12.0. The quantitative estimate of drug-likeness (QED) is 0.708. The molecule has 1 heterocycles. The topological polar surface area (TPSA) is 79.7 Å². The molecule has 134 valence electrons. The normalized spacial score (nSPS) is 12.1. The van der Waals surface area contributed by atoms with Gasteiger partial charge in [-0.3, -0.25) is 14.6 Å². The first-order valence-electron chi connectivity index (χ1n) is 8.47. The van der Waals surface area contributed by atoms with E-state index in [4.69, 9.17) is 4.74 Å². The number of carbonyl (C=O) groups excluding carboxylic acids is 1. The lowest BCUT2D eigenvalue weighted by molar-refractivity contribution is -0.141. The third-order valence-electron chi connectivity index (χ3n) is 4.02. The van der Waals surface area contributed by atoms with Crippen molar-refractivity contribution in [3.05, 3.63) is 42.2 Å². The Morgan fingerprint density at radius 3 is 2.76 bits per heavy atom. The third kappa shape index (κ3) is 5.00. The third-order valence-corrected chi connectivity index (χ3v) is 4.02. The summed E-state index contributed by atoms with van der Waals surface area (Å²) in [6, 6.07) is 7.55. The molecular formula is C19H24N2O4. The molecule has 0 saturated carbocycles. The fraction of sp³-hybridized carbons (Fsp3) is 0.421. The van der Waals surface area contributed by atoms with E-state index >= 15 is 0 Å². The molecule has 0 aliphatic heterocycles. The minimum absolute atomic E-state index is 0.156. The van der Waals surface area contributed by atoms with Crippen LogP contribution in [0.5, 0.6) is 0 Å². The number of fused-ring (bicyclic) bond motifs is 1. The van der Waals surface area contributed by atoms with Crippen molar-refractivity contribution in [3.8, 4) is 0 Å². The fourth-order valence-corrected chi connectivity index (χ4v) is 2.64. The van der Waals surface area contributed by atoms with Gasteiger partial charge in [0.15, 0.2) is 0 Å². The Balaban J connectivity index is 2.24. The molecule has 1 amide bonds. The number of carboxylic acid groups (broad SMARTS) is 1. The van der Waals surface area contributed by atoms with Gasteiger partial charge in [-0.2, -0.15) is 0 Å². The molecule has 25 heavy (non-hydrogen) atoms. The predicted molar refractivity (Wildman–Crippen MR) is 95.6 cm³/mol. The molecule has 0 saturated heterocycles. The molecule has 6 heteroatoms. The van der Waals surface area contributed by atoms with Gasteiger partial charge in [0.25, 0.3) is 5.91 Å². The number of rotatable bonds is 9. The van der Waals surface area contributed by atoms with Gasteiger partial charge in [0.1, 0.15) is 0 Å². The molecule has 0 fully saturated rings. The minimum Gasteiger partial charge on any atom is -0.481 e. The molecule has 0 spiro atoms. The molecule has 1 N–H and O–H groups in total. The Bertz CT molecular complexity index is 727. The van der Waals surface area contributed by atoms with E-state index in [0.29, 0.717) is 31.7 Å². The second-order valence-corrected chi connectivity index (χ2v) is 5.95. The smallest absolute Gasteiger partial charge is 0.308 e. The zero-order valence-electron chi connectivity index (χ0n) is 14.6. The Labute approximate surface area is 147 Å². The lowest BCUT2D eigenvalue weighted by atomic mass is 10.1. The Kier molecular flexibility index (Phi) is 6.89. The molecule has 1 aromatic heterocycles. The van der Waals surface area contributed by atoms with E-state index in [-0.39, 0.29) is 12.5 Å². The molecule has 2 rings (SSSR count). The summed E-state index contributed by atoms with van der Waals surface area (Å²) >= 11 is 0. The van der Waals surface area contributed by atoms with Crippen LogP contribution in [0, 0.1) is 5.92 Å². The SMILES string of the molecule is CCOCCCN(CC(C)C(=O)O)C(=O)c1cncc2ccccc12. The predicted octanol–water partition coefficient (Wildman–Crippen LogP) is 2.82. The van der Waals surface area contributed by atoms with E-state index < -0.39 is 11.9 Å². The first-order valence-corrected chi connectivity index (χ1v) is 8.47. The van der Waals surface area contributed by atoms with Crippen molar-refractivity contribution in [3.63, 3.8) is 0 Å². The van der Waals surface area contributed by atoms with E-state index in [1.807, 2.05) is 31.2 Å². The van der Waals surface area contributed by atoms with Crippen LogP contribution in [-0.4, -0.2) is 53.2 Å². The average Bonchev–Trinajstić information content (AvgIpc) is 2.63.